The van der Waals surface area contributed by atoms with E-state index in [2.05, 4.69) is 22.7 Å². The second-order valence-corrected chi connectivity index (χ2v) is 8.29. The average Bonchev–Trinajstić information content (AvgIpc) is 2.91. The lowest BCUT2D eigenvalue weighted by molar-refractivity contribution is -0.127. The highest BCUT2D eigenvalue weighted by Gasteiger charge is 2.28. The minimum absolute atomic E-state index is 0.0256. The molecule has 0 bridgehead atoms. The van der Waals surface area contributed by atoms with Gasteiger partial charge in [0.1, 0.15) is 5.15 Å². The minimum Gasteiger partial charge on any atom is -0.354 e. The monoisotopic (exact) mass is 408 g/mol. The van der Waals surface area contributed by atoms with Crippen LogP contribution >= 0.6 is 11.6 Å². The van der Waals surface area contributed by atoms with E-state index in [0.717, 1.165) is 49.9 Å². The van der Waals surface area contributed by atoms with Crippen LogP contribution in [0.15, 0.2) is 6.08 Å². The Hall–Kier alpha value is -1.82. The Morgan fingerprint density at radius 2 is 2.11 bits per heavy atom. The van der Waals surface area contributed by atoms with E-state index in [9.17, 15) is 9.59 Å². The number of nitrogens with zero attached hydrogens (tertiary/aromatic N) is 2. The number of rotatable bonds is 8. The molecule has 0 saturated heterocycles. The van der Waals surface area contributed by atoms with Crippen LogP contribution in [0, 0.1) is 12.8 Å². The molecule has 1 aromatic heterocycles. The average molecular weight is 409 g/mol. The third kappa shape index (κ3) is 6.36. The molecule has 1 aliphatic rings. The number of unbranched alkanes of at least 4 members (excludes halogenated alkanes) is 1. The molecule has 2 rings (SSSR count). The van der Waals surface area contributed by atoms with Crippen LogP contribution in [0.25, 0.3) is 6.08 Å². The van der Waals surface area contributed by atoms with Crippen LogP contribution in [0.4, 0.5) is 0 Å². The predicted molar refractivity (Wildman–Crippen MR) is 113 cm³/mol. The second kappa shape index (κ2) is 10.6. The summed E-state index contributed by atoms with van der Waals surface area (Å²) in [6.07, 6.45) is 8.74. The van der Waals surface area contributed by atoms with Gasteiger partial charge in [-0.1, -0.05) is 31.4 Å². The number of nitrogens with one attached hydrogen (secondary N) is 2. The number of hydrogen-bond acceptors (Lipinski definition) is 3. The molecule has 0 aromatic carbocycles. The lowest BCUT2D eigenvalue weighted by Crippen LogP contribution is -2.43. The summed E-state index contributed by atoms with van der Waals surface area (Å²) in [7, 11) is 0. The molecule has 0 spiro atoms. The van der Waals surface area contributed by atoms with Crippen LogP contribution in [0.2, 0.25) is 5.15 Å². The second-order valence-electron chi connectivity index (χ2n) is 7.93. The minimum atomic E-state index is -0.160. The molecule has 1 aromatic rings. The third-order valence-corrected chi connectivity index (χ3v) is 5.46. The predicted octanol–water partition coefficient (Wildman–Crippen LogP) is 3.86. The lowest BCUT2D eigenvalue weighted by atomic mass is 9.85. The molecule has 2 unspecified atom stereocenters. The summed E-state index contributed by atoms with van der Waals surface area (Å²) in [5.41, 5.74) is 1.60. The van der Waals surface area contributed by atoms with E-state index >= 15 is 0 Å². The number of amides is 2. The van der Waals surface area contributed by atoms with Gasteiger partial charge in [0.25, 0.3) is 0 Å². The maximum Gasteiger partial charge on any atom is 0.244 e. The van der Waals surface area contributed by atoms with Gasteiger partial charge in [-0.05, 0) is 52.5 Å². The van der Waals surface area contributed by atoms with Gasteiger partial charge < -0.3 is 10.6 Å². The zero-order valence-corrected chi connectivity index (χ0v) is 18.2. The maximum absolute atomic E-state index is 12.4. The molecular weight excluding hydrogens is 376 g/mol. The number of carbonyl (C=O) groups excluding carboxylic acids is 2. The zero-order valence-electron chi connectivity index (χ0n) is 17.4. The SMILES string of the molecule is CCCCn1nc(C)c(C=CC(=O)NC2CCCC(C(=O)NC(C)C)C2)c1Cl. The van der Waals surface area contributed by atoms with E-state index in [1.807, 2.05) is 20.8 Å². The van der Waals surface area contributed by atoms with Crippen molar-refractivity contribution in [2.24, 2.45) is 5.92 Å². The summed E-state index contributed by atoms with van der Waals surface area (Å²) in [6, 6.07) is 0.161. The Morgan fingerprint density at radius 3 is 2.79 bits per heavy atom. The molecule has 28 heavy (non-hydrogen) atoms. The Morgan fingerprint density at radius 1 is 1.36 bits per heavy atom. The van der Waals surface area contributed by atoms with Crippen molar-refractivity contribution in [3.63, 3.8) is 0 Å². The fraction of sp³-hybridized carbons (Fsp3) is 0.667. The first-order chi connectivity index (χ1) is 13.3. The number of hydrogen-bond donors (Lipinski definition) is 2. The van der Waals surface area contributed by atoms with Gasteiger partial charge in [0.2, 0.25) is 11.8 Å². The summed E-state index contributed by atoms with van der Waals surface area (Å²) in [4.78, 5) is 24.6. The molecular formula is C21H33ClN4O2. The summed E-state index contributed by atoms with van der Waals surface area (Å²) in [6.45, 7) is 8.71. The zero-order chi connectivity index (χ0) is 20.7. The normalized spacial score (nSPS) is 19.9. The van der Waals surface area contributed by atoms with Gasteiger partial charge in [-0.15, -0.1) is 0 Å². The largest absolute Gasteiger partial charge is 0.354 e. The van der Waals surface area contributed by atoms with Crippen molar-refractivity contribution in [3.8, 4) is 0 Å². The molecule has 7 heteroatoms. The Balaban J connectivity index is 1.93. The Bertz CT molecular complexity index is 712. The van der Waals surface area contributed by atoms with Crippen LogP contribution in [0.3, 0.4) is 0 Å². The highest BCUT2D eigenvalue weighted by molar-refractivity contribution is 6.31. The Kier molecular flexibility index (Phi) is 8.55. The van der Waals surface area contributed by atoms with Gasteiger partial charge in [0.05, 0.1) is 5.69 Å². The lowest BCUT2D eigenvalue weighted by Gasteiger charge is -2.29. The van der Waals surface area contributed by atoms with Crippen molar-refractivity contribution < 1.29 is 9.59 Å². The van der Waals surface area contributed by atoms with Crippen LogP contribution < -0.4 is 10.6 Å². The van der Waals surface area contributed by atoms with Gasteiger partial charge in [-0.25, -0.2) is 0 Å². The third-order valence-electron chi connectivity index (χ3n) is 5.06. The van der Waals surface area contributed by atoms with Crippen molar-refractivity contribution in [2.45, 2.75) is 84.8 Å². The van der Waals surface area contributed by atoms with Gasteiger partial charge in [0.15, 0.2) is 0 Å². The van der Waals surface area contributed by atoms with Crippen molar-refractivity contribution in [1.29, 1.82) is 0 Å². The van der Waals surface area contributed by atoms with Gasteiger partial charge in [-0.2, -0.15) is 5.10 Å². The van der Waals surface area contributed by atoms with Crippen molar-refractivity contribution in [1.82, 2.24) is 20.4 Å². The van der Waals surface area contributed by atoms with E-state index in [1.54, 1.807) is 10.8 Å². The smallest absolute Gasteiger partial charge is 0.244 e. The molecule has 156 valence electrons. The standard InChI is InChI=1S/C21H33ClN4O2/c1-5-6-12-26-20(22)18(15(4)25-26)10-11-19(27)24-17-9-7-8-16(13-17)21(28)23-14(2)3/h10-11,14,16-17H,5-9,12-13H2,1-4H3,(H,23,28)(H,24,27). The molecule has 2 N–H and O–H groups in total. The van der Waals surface area contributed by atoms with Crippen molar-refractivity contribution in [3.05, 3.63) is 22.5 Å². The van der Waals surface area contributed by atoms with E-state index in [0.29, 0.717) is 11.6 Å². The summed E-state index contributed by atoms with van der Waals surface area (Å²) >= 11 is 6.41. The maximum atomic E-state index is 12.4. The van der Waals surface area contributed by atoms with Crippen LogP contribution in [-0.2, 0) is 16.1 Å². The topological polar surface area (TPSA) is 76.0 Å². The molecule has 2 atom stereocenters. The first kappa shape index (κ1) is 22.5. The molecule has 1 fully saturated rings. The van der Waals surface area contributed by atoms with Gasteiger partial charge >= 0.3 is 0 Å². The van der Waals surface area contributed by atoms with Gasteiger partial charge in [0, 0.05) is 36.2 Å². The van der Waals surface area contributed by atoms with Crippen LogP contribution in [-0.4, -0.2) is 33.7 Å². The van der Waals surface area contributed by atoms with E-state index in [4.69, 9.17) is 11.6 Å². The van der Waals surface area contributed by atoms with Crippen molar-refractivity contribution >= 4 is 29.5 Å². The molecule has 1 heterocycles. The Labute approximate surface area is 173 Å². The van der Waals surface area contributed by atoms with E-state index < -0.39 is 0 Å². The van der Waals surface area contributed by atoms with E-state index in [1.165, 1.54) is 6.08 Å². The van der Waals surface area contributed by atoms with Crippen molar-refractivity contribution in [2.75, 3.05) is 0 Å². The molecule has 1 aliphatic carbocycles. The van der Waals surface area contributed by atoms with Gasteiger partial charge in [-0.3, -0.25) is 14.3 Å². The fourth-order valence-corrected chi connectivity index (χ4v) is 3.90. The molecule has 0 radical (unpaired) electrons. The highest BCUT2D eigenvalue weighted by Crippen LogP contribution is 2.25. The summed E-state index contributed by atoms with van der Waals surface area (Å²) in [5, 5.41) is 11.0. The quantitative estimate of drug-likeness (QED) is 0.641. The fourth-order valence-electron chi connectivity index (χ4n) is 3.58. The number of aromatic nitrogens is 2. The molecule has 0 aliphatic heterocycles. The highest BCUT2D eigenvalue weighted by atomic mass is 35.5. The number of carbonyl (C=O) groups is 2. The first-order valence-electron chi connectivity index (χ1n) is 10.3. The van der Waals surface area contributed by atoms with Crippen LogP contribution in [0.5, 0.6) is 0 Å². The number of halogens is 1. The molecule has 6 nitrogen and oxygen atoms in total. The number of aryl methyl sites for hydroxylation is 2. The van der Waals surface area contributed by atoms with E-state index in [-0.39, 0.29) is 29.8 Å². The van der Waals surface area contributed by atoms with Crippen LogP contribution in [0.1, 0.15) is 70.6 Å². The first-order valence-corrected chi connectivity index (χ1v) is 10.7. The summed E-state index contributed by atoms with van der Waals surface area (Å²) < 4.78 is 1.79. The molecule has 1 saturated carbocycles. The molecule has 2 amide bonds. The summed E-state index contributed by atoms with van der Waals surface area (Å²) in [5.74, 6) is -0.100.